The second kappa shape index (κ2) is 6.47. The van der Waals surface area contributed by atoms with Crippen molar-refractivity contribution in [3.63, 3.8) is 0 Å². The highest BCUT2D eigenvalue weighted by atomic mass is 16.2. The van der Waals surface area contributed by atoms with Crippen molar-refractivity contribution < 1.29 is 4.79 Å². The van der Waals surface area contributed by atoms with Gasteiger partial charge in [0.15, 0.2) is 0 Å². The van der Waals surface area contributed by atoms with Crippen LogP contribution in [0.1, 0.15) is 65.1 Å². The highest BCUT2D eigenvalue weighted by Crippen LogP contribution is 2.61. The third-order valence-electron chi connectivity index (χ3n) is 7.00. The monoisotopic (exact) mass is 367 g/mol. The van der Waals surface area contributed by atoms with E-state index in [0.29, 0.717) is 40.4 Å². The first kappa shape index (κ1) is 18.2. The zero-order valence-electron chi connectivity index (χ0n) is 16.7. The van der Waals surface area contributed by atoms with Crippen LogP contribution < -0.4 is 11.0 Å². The molecule has 144 valence electrons. The molecule has 3 aliphatic carbocycles. The van der Waals surface area contributed by atoms with Crippen molar-refractivity contribution >= 4 is 16.8 Å². The molecule has 3 aliphatic rings. The largest absolute Gasteiger partial charge is 0.280 e. The van der Waals surface area contributed by atoms with Gasteiger partial charge in [-0.1, -0.05) is 39.8 Å². The Labute approximate surface area is 160 Å². The molecular weight excluding hydrogens is 338 g/mol. The first-order chi connectivity index (χ1) is 12.8. The molecular formula is C22H29N3O2. The Hall–Kier alpha value is -2.17. The Bertz CT molecular complexity index is 942. The summed E-state index contributed by atoms with van der Waals surface area (Å²) in [6.45, 7) is 8.64. The van der Waals surface area contributed by atoms with E-state index in [1.54, 1.807) is 6.07 Å². The quantitative estimate of drug-likeness (QED) is 0.886. The van der Waals surface area contributed by atoms with Crippen LogP contribution in [0, 0.1) is 23.2 Å². The second-order valence-corrected chi connectivity index (χ2v) is 9.22. The van der Waals surface area contributed by atoms with Gasteiger partial charge >= 0.3 is 0 Å². The first-order valence-corrected chi connectivity index (χ1v) is 10.1. The second-order valence-electron chi connectivity index (χ2n) is 9.22. The van der Waals surface area contributed by atoms with E-state index in [1.165, 1.54) is 17.5 Å². The van der Waals surface area contributed by atoms with Crippen LogP contribution in [0.25, 0.3) is 10.9 Å². The number of hydrogen-bond donors (Lipinski definition) is 1. The lowest BCUT2D eigenvalue weighted by atomic mass is 9.45. The van der Waals surface area contributed by atoms with Gasteiger partial charge in [0, 0.05) is 12.3 Å². The van der Waals surface area contributed by atoms with Crippen molar-refractivity contribution in [3.05, 3.63) is 40.4 Å². The van der Waals surface area contributed by atoms with Crippen molar-refractivity contribution in [2.75, 3.05) is 5.43 Å². The number of nitrogens with one attached hydrogen (secondary N) is 1. The molecule has 2 aromatic rings. The zero-order chi connectivity index (χ0) is 19.3. The number of amides is 1. The molecule has 0 unspecified atom stereocenters. The number of carbonyl (C=O) groups is 1. The molecule has 1 heterocycles. The van der Waals surface area contributed by atoms with Crippen molar-refractivity contribution in [2.45, 2.75) is 59.3 Å². The van der Waals surface area contributed by atoms with E-state index >= 15 is 0 Å². The number of aromatic nitrogens is 2. The smallest absolute Gasteiger partial charge is 0.273 e. The number of benzene rings is 1. The number of hydrogen-bond acceptors (Lipinski definition) is 3. The molecule has 0 spiro atoms. The van der Waals surface area contributed by atoms with E-state index in [1.807, 2.05) is 32.0 Å². The van der Waals surface area contributed by atoms with Gasteiger partial charge < -0.3 is 0 Å². The minimum atomic E-state index is -0.203. The van der Waals surface area contributed by atoms with Crippen molar-refractivity contribution in [1.29, 1.82) is 0 Å². The number of carbonyl (C=O) groups excluding carboxylic acids is 1. The van der Waals surface area contributed by atoms with Crippen LogP contribution in [0.3, 0.4) is 0 Å². The number of fused-ring (bicyclic) bond motifs is 3. The summed E-state index contributed by atoms with van der Waals surface area (Å²) in [5, 5.41) is 0.530. The van der Waals surface area contributed by atoms with Gasteiger partial charge in [-0.3, -0.25) is 15.0 Å². The van der Waals surface area contributed by atoms with Gasteiger partial charge in [-0.2, -0.15) is 0 Å². The van der Waals surface area contributed by atoms with Gasteiger partial charge in [0.25, 0.3) is 5.56 Å². The summed E-state index contributed by atoms with van der Waals surface area (Å²) in [4.78, 5) is 30.4. The lowest BCUT2D eigenvalue weighted by Crippen LogP contribution is -2.53. The van der Waals surface area contributed by atoms with Gasteiger partial charge in [0.1, 0.15) is 5.82 Å². The molecule has 2 bridgehead atoms. The van der Waals surface area contributed by atoms with Crippen LogP contribution in [0.5, 0.6) is 0 Å². The molecule has 0 aliphatic heterocycles. The number of para-hydroxylation sites is 1. The molecule has 3 fully saturated rings. The van der Waals surface area contributed by atoms with Crippen LogP contribution in [-0.4, -0.2) is 15.6 Å². The summed E-state index contributed by atoms with van der Waals surface area (Å²) < 4.78 is 1.37. The minimum absolute atomic E-state index is 0.0311. The van der Waals surface area contributed by atoms with E-state index in [-0.39, 0.29) is 17.4 Å². The van der Waals surface area contributed by atoms with Gasteiger partial charge in [0.05, 0.1) is 10.9 Å². The standard InChI is InChI=1S/C22H29N3O2/c1-13(2)20-23-18-8-6-5-7-16(18)21(27)25(20)24-19(26)11-14-9-10-15-12-17(14)22(15,3)4/h5-8,13-15,17H,9-12H2,1-4H3,(H,24,26)/t14-,15+,17-/m1/s1. The molecule has 0 saturated heterocycles. The predicted octanol–water partition coefficient (Wildman–Crippen LogP) is 4.05. The van der Waals surface area contributed by atoms with E-state index < -0.39 is 0 Å². The summed E-state index contributed by atoms with van der Waals surface area (Å²) >= 11 is 0. The molecule has 3 saturated carbocycles. The summed E-state index contributed by atoms with van der Waals surface area (Å²) in [7, 11) is 0. The third kappa shape index (κ3) is 2.97. The summed E-state index contributed by atoms with van der Waals surface area (Å²) in [6.07, 6.45) is 4.07. The van der Waals surface area contributed by atoms with Crippen molar-refractivity contribution in [3.8, 4) is 0 Å². The molecule has 27 heavy (non-hydrogen) atoms. The van der Waals surface area contributed by atoms with E-state index in [9.17, 15) is 9.59 Å². The van der Waals surface area contributed by atoms with E-state index in [4.69, 9.17) is 0 Å². The fourth-order valence-electron chi connectivity index (χ4n) is 5.26. The fourth-order valence-corrected chi connectivity index (χ4v) is 5.26. The minimum Gasteiger partial charge on any atom is -0.273 e. The first-order valence-electron chi connectivity index (χ1n) is 10.1. The van der Waals surface area contributed by atoms with Gasteiger partial charge in [-0.15, -0.1) is 0 Å². The summed E-state index contributed by atoms with van der Waals surface area (Å²) in [6, 6.07) is 7.30. The zero-order valence-corrected chi connectivity index (χ0v) is 16.7. The summed E-state index contributed by atoms with van der Waals surface area (Å²) in [5.41, 5.74) is 3.69. The Kier molecular flexibility index (Phi) is 4.36. The Morgan fingerprint density at radius 2 is 2.04 bits per heavy atom. The predicted molar refractivity (Wildman–Crippen MR) is 107 cm³/mol. The Balaban J connectivity index is 1.59. The molecule has 5 rings (SSSR count). The molecule has 5 heteroatoms. The third-order valence-corrected chi connectivity index (χ3v) is 7.00. The normalized spacial score (nSPS) is 26.0. The van der Waals surface area contributed by atoms with Gasteiger partial charge in [-0.05, 0) is 54.6 Å². The molecule has 1 aromatic heterocycles. The van der Waals surface area contributed by atoms with Crippen molar-refractivity contribution in [2.24, 2.45) is 23.2 Å². The molecule has 0 radical (unpaired) electrons. The highest BCUT2D eigenvalue weighted by Gasteiger charge is 2.54. The van der Waals surface area contributed by atoms with Gasteiger partial charge in [0.2, 0.25) is 5.91 Å². The lowest BCUT2D eigenvalue weighted by Gasteiger charge is -2.60. The van der Waals surface area contributed by atoms with Gasteiger partial charge in [-0.25, -0.2) is 9.66 Å². The molecule has 1 N–H and O–H groups in total. The topological polar surface area (TPSA) is 64.0 Å². The SMILES string of the molecule is CC(C)c1nc2ccccc2c(=O)n1NC(=O)C[C@H]1CC[C@H]2C[C@H]1C2(C)C. The average Bonchev–Trinajstić information content (AvgIpc) is 2.63. The maximum Gasteiger partial charge on any atom is 0.280 e. The van der Waals surface area contributed by atoms with E-state index in [2.05, 4.69) is 24.3 Å². The highest BCUT2D eigenvalue weighted by molar-refractivity contribution is 5.85. The van der Waals surface area contributed by atoms with Crippen molar-refractivity contribution in [1.82, 2.24) is 9.66 Å². The van der Waals surface area contributed by atoms with Crippen LogP contribution in [0.2, 0.25) is 0 Å². The Morgan fingerprint density at radius 3 is 2.70 bits per heavy atom. The number of nitrogens with zero attached hydrogens (tertiary/aromatic N) is 2. The summed E-state index contributed by atoms with van der Waals surface area (Å²) in [5.74, 6) is 2.40. The fraction of sp³-hybridized carbons (Fsp3) is 0.591. The Morgan fingerprint density at radius 1 is 1.30 bits per heavy atom. The molecule has 3 atom stereocenters. The number of rotatable bonds is 4. The maximum atomic E-state index is 13.0. The van der Waals surface area contributed by atoms with Crippen LogP contribution in [0.4, 0.5) is 0 Å². The molecule has 5 nitrogen and oxygen atoms in total. The van der Waals surface area contributed by atoms with Crippen LogP contribution in [0.15, 0.2) is 29.1 Å². The average molecular weight is 367 g/mol. The lowest BCUT2D eigenvalue weighted by molar-refractivity contribution is -0.129. The maximum absolute atomic E-state index is 13.0. The molecule has 1 aromatic carbocycles. The molecule has 1 amide bonds. The van der Waals surface area contributed by atoms with E-state index in [0.717, 1.165) is 12.3 Å². The van der Waals surface area contributed by atoms with Crippen LogP contribution in [-0.2, 0) is 4.79 Å². The van der Waals surface area contributed by atoms with Crippen LogP contribution >= 0.6 is 0 Å².